The van der Waals surface area contributed by atoms with Crippen molar-refractivity contribution in [1.29, 1.82) is 0 Å². The highest BCUT2D eigenvalue weighted by Crippen LogP contribution is 2.44. The first-order valence-electron chi connectivity index (χ1n) is 23.7. The number of alkyl carbamates (subject to hydrolysis) is 1. The number of carboxylic acids is 4. The van der Waals surface area contributed by atoms with Crippen LogP contribution < -0.4 is 54.8 Å². The third kappa shape index (κ3) is 21.4. The van der Waals surface area contributed by atoms with Gasteiger partial charge >= 0.3 is 30.0 Å². The van der Waals surface area contributed by atoms with Gasteiger partial charge in [0.05, 0.1) is 0 Å². The number of guanidine groups is 2. The molecule has 0 saturated carbocycles. The summed E-state index contributed by atoms with van der Waals surface area (Å²) in [5.41, 5.74) is 25.2. The highest BCUT2D eigenvalue weighted by atomic mass is 32.2. The Kier molecular flexibility index (Phi) is 25.6. The number of aliphatic imine (C=N–C) groups is 2. The second-order valence-corrected chi connectivity index (χ2v) is 18.1. The first kappa shape index (κ1) is 61.1. The summed E-state index contributed by atoms with van der Waals surface area (Å²) < 4.78 is 5.56. The summed E-state index contributed by atoms with van der Waals surface area (Å²) in [6.07, 6.45) is -3.26. The topological polar surface area (TPSA) is 462 Å². The Morgan fingerprint density at radius 1 is 0.520 bits per heavy atom. The van der Waals surface area contributed by atoms with Gasteiger partial charge < -0.3 is 80.0 Å². The molecule has 27 nitrogen and oxygen atoms in total. The molecule has 18 N–H and O–H groups in total. The number of nitrogens with one attached hydrogen (secondary N) is 6. The molecule has 0 saturated heterocycles. The van der Waals surface area contributed by atoms with Gasteiger partial charge in [0.25, 0.3) is 0 Å². The molecule has 0 aliphatic heterocycles. The van der Waals surface area contributed by atoms with E-state index >= 15 is 0 Å². The van der Waals surface area contributed by atoms with E-state index in [4.69, 9.17) is 27.7 Å². The van der Waals surface area contributed by atoms with E-state index in [1.54, 1.807) is 6.26 Å². The number of fused-ring (bicyclic) bond motifs is 3. The van der Waals surface area contributed by atoms with Gasteiger partial charge in [0, 0.05) is 38.3 Å². The smallest absolute Gasteiger partial charge is 0.407 e. The molecule has 3 rings (SSSR count). The third-order valence-corrected chi connectivity index (χ3v) is 12.2. The van der Waals surface area contributed by atoms with Crippen LogP contribution in [0.1, 0.15) is 87.7 Å². The lowest BCUT2D eigenvalue weighted by molar-refractivity contribution is -0.142. The highest BCUT2D eigenvalue weighted by molar-refractivity contribution is 7.98. The van der Waals surface area contributed by atoms with Gasteiger partial charge in [-0.15, -0.1) is 0 Å². The fourth-order valence-corrected chi connectivity index (χ4v) is 8.26. The molecule has 75 heavy (non-hydrogen) atoms. The average molecular weight is 1070 g/mol. The van der Waals surface area contributed by atoms with Crippen molar-refractivity contribution in [2.24, 2.45) is 32.9 Å². The van der Waals surface area contributed by atoms with Crippen molar-refractivity contribution in [2.75, 3.05) is 31.7 Å². The molecule has 0 unspecified atom stereocenters. The molecular formula is C47H66N12O15S. The quantitative estimate of drug-likeness (QED) is 0.0224. The zero-order valence-electron chi connectivity index (χ0n) is 41.2. The van der Waals surface area contributed by atoms with E-state index in [0.29, 0.717) is 0 Å². The molecule has 2 aromatic rings. The van der Waals surface area contributed by atoms with Crippen LogP contribution in [0.15, 0.2) is 58.5 Å². The Balaban J connectivity index is 1.83. The van der Waals surface area contributed by atoms with Crippen molar-refractivity contribution in [3.8, 4) is 11.1 Å². The maximum atomic E-state index is 14.0. The Hall–Kier alpha value is -8.17. The van der Waals surface area contributed by atoms with E-state index in [2.05, 4.69) is 41.9 Å². The standard InChI is InChI=1S/C47H66N12O15S/c1-75-23-20-34(43(70)56-31(14-17-36(60)61)40(67)54-30(12-6-21-52-45(48)49)39(66)58-35(44(71)72)13-7-22-53-46(50)51)57-41(68)32(15-18-37(62)63)55-42(69)33(16-19-38(64)65)59-47(73)74-24-29-27-10-4-2-8-25(27)26-9-3-5-11-28(26)29/h2-5,8-11,29-35H,6-7,12-24H2,1H3,(H,54,67)(H,55,69)(H,56,70)(H,57,68)(H,58,66)(H,59,73)(H,60,61)(H,62,63)(H,64,65)(H,71,72)(H4,48,49,52)(H4,50,51,53)/t30-,31-,32-,33-,34-,35-/m0/s1. The SMILES string of the molecule is CSCC[C@H](NC(=O)[C@H](CCC(=O)O)NC(=O)[C@H](CCC(=O)O)NC(=O)OCC1c2ccccc2-c2ccccc21)C(=O)N[C@@H](CCC(=O)O)C(=O)N[C@@H](CCCN=C(N)N)C(=O)N[C@@H](CCCN=C(N)N)C(=O)O. The number of amides is 6. The molecule has 0 radical (unpaired) electrons. The molecular weight excluding hydrogens is 1000 g/mol. The number of ether oxygens (including phenoxy) is 1. The fourth-order valence-electron chi connectivity index (χ4n) is 7.79. The van der Waals surface area contributed by atoms with E-state index in [1.165, 1.54) is 11.8 Å². The summed E-state index contributed by atoms with van der Waals surface area (Å²) >= 11 is 1.24. The zero-order valence-corrected chi connectivity index (χ0v) is 42.0. The molecule has 1 aliphatic carbocycles. The first-order chi connectivity index (χ1) is 35.6. The van der Waals surface area contributed by atoms with Crippen molar-refractivity contribution in [1.82, 2.24) is 31.9 Å². The van der Waals surface area contributed by atoms with Crippen molar-refractivity contribution >= 4 is 83.2 Å². The van der Waals surface area contributed by atoms with E-state index < -0.39 is 134 Å². The van der Waals surface area contributed by atoms with Gasteiger partial charge in [-0.2, -0.15) is 11.8 Å². The number of rotatable bonds is 34. The number of nitrogens with zero attached hydrogens (tertiary/aromatic N) is 2. The Morgan fingerprint density at radius 3 is 1.24 bits per heavy atom. The van der Waals surface area contributed by atoms with Crippen LogP contribution in [-0.2, 0) is 47.9 Å². The minimum Gasteiger partial charge on any atom is -0.481 e. The third-order valence-electron chi connectivity index (χ3n) is 11.5. The molecule has 2 aromatic carbocycles. The molecule has 6 amide bonds. The second-order valence-electron chi connectivity index (χ2n) is 17.1. The fraction of sp³-hybridized carbons (Fsp3) is 0.489. The van der Waals surface area contributed by atoms with E-state index in [0.717, 1.165) is 22.3 Å². The van der Waals surface area contributed by atoms with Crippen molar-refractivity contribution in [3.05, 3.63) is 59.7 Å². The molecule has 6 atom stereocenters. The minimum absolute atomic E-state index is 0.0230. The number of benzene rings is 2. The molecule has 0 heterocycles. The van der Waals surface area contributed by atoms with E-state index in [-0.39, 0.29) is 75.4 Å². The molecule has 0 fully saturated rings. The average Bonchev–Trinajstić information content (AvgIpc) is 3.67. The van der Waals surface area contributed by atoms with Gasteiger partial charge in [-0.3, -0.25) is 48.3 Å². The van der Waals surface area contributed by atoms with Gasteiger partial charge in [-0.05, 0) is 85.6 Å². The molecule has 1 aliphatic rings. The Morgan fingerprint density at radius 2 is 0.867 bits per heavy atom. The predicted molar refractivity (Wildman–Crippen MR) is 273 cm³/mol. The molecule has 28 heteroatoms. The van der Waals surface area contributed by atoms with Crippen molar-refractivity contribution in [2.45, 2.75) is 113 Å². The van der Waals surface area contributed by atoms with Crippen molar-refractivity contribution < 1.29 is 73.1 Å². The number of nitrogens with two attached hydrogens (primary N) is 4. The number of carboxylic acid groups (broad SMARTS) is 4. The van der Waals surface area contributed by atoms with E-state index in [9.17, 15) is 68.4 Å². The number of hydrogen-bond donors (Lipinski definition) is 14. The monoisotopic (exact) mass is 1070 g/mol. The highest BCUT2D eigenvalue weighted by Gasteiger charge is 2.35. The van der Waals surface area contributed by atoms with Crippen LogP contribution in [0, 0.1) is 0 Å². The van der Waals surface area contributed by atoms with Crippen LogP contribution in [0.4, 0.5) is 4.79 Å². The van der Waals surface area contributed by atoms with Gasteiger partial charge in [-0.25, -0.2) is 9.59 Å². The summed E-state index contributed by atoms with van der Waals surface area (Å²) in [6, 6.07) is 5.56. The molecule has 0 aromatic heterocycles. The van der Waals surface area contributed by atoms with Crippen LogP contribution >= 0.6 is 11.8 Å². The maximum absolute atomic E-state index is 14.0. The van der Waals surface area contributed by atoms with Crippen LogP contribution in [0.25, 0.3) is 11.1 Å². The van der Waals surface area contributed by atoms with Crippen LogP contribution in [0.3, 0.4) is 0 Å². The van der Waals surface area contributed by atoms with Crippen LogP contribution in [0.2, 0.25) is 0 Å². The van der Waals surface area contributed by atoms with Crippen molar-refractivity contribution in [3.63, 3.8) is 0 Å². The number of thioether (sulfide) groups is 1. The summed E-state index contributed by atoms with van der Waals surface area (Å²) in [6.45, 7) is -0.146. The summed E-state index contributed by atoms with van der Waals surface area (Å²) in [7, 11) is 0. The lowest BCUT2D eigenvalue weighted by Gasteiger charge is -2.27. The summed E-state index contributed by atoms with van der Waals surface area (Å²) in [5.74, 6) is -11.5. The van der Waals surface area contributed by atoms with Gasteiger partial charge in [-0.1, -0.05) is 48.5 Å². The molecule has 0 spiro atoms. The lowest BCUT2D eigenvalue weighted by Crippen LogP contribution is -2.59. The van der Waals surface area contributed by atoms with Crippen LogP contribution in [0.5, 0.6) is 0 Å². The number of carbonyl (C=O) groups is 10. The first-order valence-corrected chi connectivity index (χ1v) is 25.1. The number of aliphatic carboxylic acids is 4. The Bertz CT molecular complexity index is 2370. The zero-order chi connectivity index (χ0) is 55.6. The maximum Gasteiger partial charge on any atom is 0.407 e. The molecule has 410 valence electrons. The Labute approximate surface area is 435 Å². The normalized spacial score (nSPS) is 13.8. The predicted octanol–water partition coefficient (Wildman–Crippen LogP) is -1.14. The second kappa shape index (κ2) is 31.4. The number of hydrogen-bond acceptors (Lipinski definition) is 14. The van der Waals surface area contributed by atoms with Gasteiger partial charge in [0.1, 0.15) is 42.9 Å². The molecule has 0 bridgehead atoms. The van der Waals surface area contributed by atoms with E-state index in [1.807, 2.05) is 48.5 Å². The minimum atomic E-state index is -1.71. The van der Waals surface area contributed by atoms with Crippen LogP contribution in [-0.4, -0.2) is 160 Å². The summed E-state index contributed by atoms with van der Waals surface area (Å²) in [4.78, 5) is 137. The summed E-state index contributed by atoms with van der Waals surface area (Å²) in [5, 5.41) is 52.7. The lowest BCUT2D eigenvalue weighted by atomic mass is 9.98. The largest absolute Gasteiger partial charge is 0.481 e. The number of carbonyl (C=O) groups excluding carboxylic acids is 6. The van der Waals surface area contributed by atoms with Gasteiger partial charge in [0.2, 0.25) is 29.5 Å². The van der Waals surface area contributed by atoms with Gasteiger partial charge in [0.15, 0.2) is 11.9 Å².